The zero-order valence-corrected chi connectivity index (χ0v) is 31.9. The van der Waals surface area contributed by atoms with E-state index in [1.54, 1.807) is 0 Å². The predicted octanol–water partition coefficient (Wildman–Crippen LogP) is 11.4. The molecule has 0 amide bonds. The van der Waals surface area contributed by atoms with E-state index in [2.05, 4.69) is 38.2 Å². The number of esters is 2. The van der Waals surface area contributed by atoms with Crippen molar-refractivity contribution in [1.29, 1.82) is 0 Å². The standard InChI is InChI=1S/C42H79NO5/c1-3-5-7-9-11-13-15-17-19-21-23-25-27-29-31-33-41(45)47-39-36-43(35-38-44)37-40-48-42(46)34-32-30-28-26-24-22-20-18-16-14-12-10-8-6-4-2/h17-20,44H,3-16,21-40H2,1-2H3. The normalized spacial score (nSPS) is 11.8. The minimum Gasteiger partial charge on any atom is -0.464 e. The van der Waals surface area contributed by atoms with E-state index in [9.17, 15) is 14.7 Å². The number of carbonyl (C=O) groups is 2. The number of unbranched alkanes of at least 4 members (excludes halogenated alkanes) is 22. The molecule has 0 fully saturated rings. The number of aliphatic hydroxyl groups excluding tert-OH is 1. The fourth-order valence-electron chi connectivity index (χ4n) is 5.88. The van der Waals surface area contributed by atoms with Crippen LogP contribution >= 0.6 is 0 Å². The van der Waals surface area contributed by atoms with Crippen LogP contribution in [-0.4, -0.2) is 61.4 Å². The topological polar surface area (TPSA) is 76.1 Å². The maximum absolute atomic E-state index is 12.1. The molecule has 0 aliphatic heterocycles. The predicted molar refractivity (Wildman–Crippen MR) is 204 cm³/mol. The third-order valence-corrected chi connectivity index (χ3v) is 9.04. The minimum absolute atomic E-state index is 0.0196. The highest BCUT2D eigenvalue weighted by Gasteiger charge is 2.09. The van der Waals surface area contributed by atoms with E-state index in [0.29, 0.717) is 45.7 Å². The summed E-state index contributed by atoms with van der Waals surface area (Å²) in [6, 6.07) is 0. The number of hydrogen-bond acceptors (Lipinski definition) is 6. The molecular formula is C42H79NO5. The molecule has 0 aromatic carbocycles. The van der Waals surface area contributed by atoms with Crippen molar-refractivity contribution in [3.8, 4) is 0 Å². The number of hydrogen-bond donors (Lipinski definition) is 1. The summed E-state index contributed by atoms with van der Waals surface area (Å²) in [6.45, 7) is 6.68. The summed E-state index contributed by atoms with van der Waals surface area (Å²) in [5.41, 5.74) is 0. The van der Waals surface area contributed by atoms with Gasteiger partial charge in [0.1, 0.15) is 13.2 Å². The highest BCUT2D eigenvalue weighted by molar-refractivity contribution is 5.69. The molecule has 0 saturated heterocycles. The molecule has 6 nitrogen and oxygen atoms in total. The van der Waals surface area contributed by atoms with Gasteiger partial charge >= 0.3 is 11.9 Å². The molecule has 0 aromatic rings. The summed E-state index contributed by atoms with van der Waals surface area (Å²) in [4.78, 5) is 26.2. The molecule has 0 saturated carbocycles. The van der Waals surface area contributed by atoms with Crippen LogP contribution in [0.3, 0.4) is 0 Å². The Bertz CT molecular complexity index is 680. The molecule has 0 bridgehead atoms. The molecule has 0 aromatic heterocycles. The molecule has 48 heavy (non-hydrogen) atoms. The van der Waals surface area contributed by atoms with E-state index in [0.717, 1.165) is 25.7 Å². The van der Waals surface area contributed by atoms with Crippen molar-refractivity contribution < 1.29 is 24.2 Å². The van der Waals surface area contributed by atoms with Crippen LogP contribution in [0.2, 0.25) is 0 Å². The van der Waals surface area contributed by atoms with Crippen molar-refractivity contribution in [3.63, 3.8) is 0 Å². The number of nitrogens with zero attached hydrogens (tertiary/aromatic N) is 1. The lowest BCUT2D eigenvalue weighted by Gasteiger charge is -2.20. The van der Waals surface area contributed by atoms with E-state index in [-0.39, 0.29) is 18.5 Å². The number of aliphatic hydroxyl groups is 1. The zero-order valence-electron chi connectivity index (χ0n) is 31.9. The SMILES string of the molecule is CCCCCCCCC=CCCCCCCCC(=O)OCCN(CCO)CCOC(=O)CCCCCCCC=CCCCCCCCC. The van der Waals surface area contributed by atoms with Crippen molar-refractivity contribution in [2.75, 3.05) is 39.5 Å². The van der Waals surface area contributed by atoms with Gasteiger partial charge in [0.2, 0.25) is 0 Å². The van der Waals surface area contributed by atoms with Crippen LogP contribution in [0, 0.1) is 0 Å². The number of allylic oxidation sites excluding steroid dienone is 4. The average molecular weight is 678 g/mol. The lowest BCUT2D eigenvalue weighted by Crippen LogP contribution is -2.34. The van der Waals surface area contributed by atoms with E-state index < -0.39 is 0 Å². The van der Waals surface area contributed by atoms with Gasteiger partial charge in [-0.1, -0.05) is 141 Å². The van der Waals surface area contributed by atoms with E-state index in [1.807, 2.05) is 4.90 Å². The van der Waals surface area contributed by atoms with Gasteiger partial charge in [-0.3, -0.25) is 14.5 Å². The number of ether oxygens (including phenoxy) is 2. The number of rotatable bonds is 38. The molecule has 6 heteroatoms. The Kier molecular flexibility index (Phi) is 38.4. The van der Waals surface area contributed by atoms with Gasteiger partial charge in [-0.2, -0.15) is 0 Å². The molecule has 0 radical (unpaired) electrons. The smallest absolute Gasteiger partial charge is 0.305 e. The first-order valence-corrected chi connectivity index (χ1v) is 20.6. The molecular weight excluding hydrogens is 598 g/mol. The van der Waals surface area contributed by atoms with Gasteiger partial charge in [-0.05, 0) is 64.2 Å². The fourth-order valence-corrected chi connectivity index (χ4v) is 5.88. The maximum atomic E-state index is 12.1. The van der Waals surface area contributed by atoms with Crippen molar-refractivity contribution in [2.24, 2.45) is 0 Å². The van der Waals surface area contributed by atoms with Gasteiger partial charge in [0.05, 0.1) is 6.61 Å². The van der Waals surface area contributed by atoms with Crippen molar-refractivity contribution in [1.82, 2.24) is 4.90 Å². The van der Waals surface area contributed by atoms with Crippen LogP contribution in [0.4, 0.5) is 0 Å². The molecule has 0 heterocycles. The second-order valence-electron chi connectivity index (χ2n) is 13.7. The molecule has 0 unspecified atom stereocenters. The lowest BCUT2D eigenvalue weighted by atomic mass is 10.1. The van der Waals surface area contributed by atoms with Gasteiger partial charge in [0.25, 0.3) is 0 Å². The molecule has 0 spiro atoms. The summed E-state index contributed by atoms with van der Waals surface area (Å²) in [5.74, 6) is -0.300. The van der Waals surface area contributed by atoms with Gasteiger partial charge < -0.3 is 14.6 Å². The summed E-state index contributed by atoms with van der Waals surface area (Å²) in [7, 11) is 0. The van der Waals surface area contributed by atoms with Crippen LogP contribution < -0.4 is 0 Å². The second kappa shape index (κ2) is 39.8. The van der Waals surface area contributed by atoms with E-state index in [4.69, 9.17) is 9.47 Å². The monoisotopic (exact) mass is 678 g/mol. The maximum Gasteiger partial charge on any atom is 0.305 e. The van der Waals surface area contributed by atoms with E-state index >= 15 is 0 Å². The van der Waals surface area contributed by atoms with Crippen molar-refractivity contribution in [3.05, 3.63) is 24.3 Å². The fraction of sp³-hybridized carbons (Fsp3) is 0.857. The Hall–Kier alpha value is -1.66. The number of carbonyl (C=O) groups excluding carboxylic acids is 2. The molecule has 0 aliphatic rings. The summed E-state index contributed by atoms with van der Waals surface area (Å²) >= 11 is 0. The van der Waals surface area contributed by atoms with Crippen LogP contribution in [-0.2, 0) is 19.1 Å². The Balaban J connectivity index is 3.63. The Labute approximate surface area is 297 Å². The van der Waals surface area contributed by atoms with Gasteiger partial charge in [-0.15, -0.1) is 0 Å². The van der Waals surface area contributed by atoms with Crippen LogP contribution in [0.25, 0.3) is 0 Å². The largest absolute Gasteiger partial charge is 0.464 e. The Morgan fingerprint density at radius 1 is 0.458 bits per heavy atom. The third kappa shape index (κ3) is 37.2. The quantitative estimate of drug-likeness (QED) is 0.0398. The zero-order chi connectivity index (χ0) is 35.0. The van der Waals surface area contributed by atoms with Gasteiger partial charge in [-0.25, -0.2) is 0 Å². The second-order valence-corrected chi connectivity index (χ2v) is 13.7. The Morgan fingerprint density at radius 2 is 0.771 bits per heavy atom. The van der Waals surface area contributed by atoms with Crippen LogP contribution in [0.5, 0.6) is 0 Å². The summed E-state index contributed by atoms with van der Waals surface area (Å²) < 4.78 is 10.8. The van der Waals surface area contributed by atoms with Crippen LogP contribution in [0.1, 0.15) is 194 Å². The molecule has 0 aliphatic carbocycles. The molecule has 0 atom stereocenters. The highest BCUT2D eigenvalue weighted by Crippen LogP contribution is 2.12. The minimum atomic E-state index is -0.150. The first-order valence-electron chi connectivity index (χ1n) is 20.6. The van der Waals surface area contributed by atoms with Crippen molar-refractivity contribution >= 4 is 11.9 Å². The van der Waals surface area contributed by atoms with Crippen molar-refractivity contribution in [2.45, 2.75) is 194 Å². The Morgan fingerprint density at radius 3 is 1.10 bits per heavy atom. The van der Waals surface area contributed by atoms with Gasteiger partial charge in [0.15, 0.2) is 0 Å². The van der Waals surface area contributed by atoms with Crippen LogP contribution in [0.15, 0.2) is 24.3 Å². The first kappa shape index (κ1) is 46.3. The average Bonchev–Trinajstić information content (AvgIpc) is 3.08. The van der Waals surface area contributed by atoms with Gasteiger partial charge in [0, 0.05) is 32.5 Å². The third-order valence-electron chi connectivity index (χ3n) is 9.04. The molecule has 282 valence electrons. The first-order chi connectivity index (χ1) is 23.6. The highest BCUT2D eigenvalue weighted by atomic mass is 16.5. The molecule has 1 N–H and O–H groups in total. The molecule has 0 rings (SSSR count). The lowest BCUT2D eigenvalue weighted by molar-refractivity contribution is -0.144. The summed E-state index contributed by atoms with van der Waals surface area (Å²) in [5, 5.41) is 9.39. The van der Waals surface area contributed by atoms with E-state index in [1.165, 1.54) is 141 Å². The summed E-state index contributed by atoms with van der Waals surface area (Å²) in [6.07, 6.45) is 42.5.